The molecule has 1 saturated heterocycles. The van der Waals surface area contributed by atoms with E-state index in [2.05, 4.69) is 151 Å². The van der Waals surface area contributed by atoms with Crippen LogP contribution in [0.3, 0.4) is 0 Å². The second-order valence-electron chi connectivity index (χ2n) is 12.1. The van der Waals surface area contributed by atoms with Gasteiger partial charge < -0.3 is 0 Å². The number of allylic oxidation sites excluding steroid dienone is 2. The minimum atomic E-state index is -2.96. The first-order valence-electron chi connectivity index (χ1n) is 13.4. The summed E-state index contributed by atoms with van der Waals surface area (Å²) in [6, 6.07) is 31.9. The molecule has 4 aromatic carbocycles. The quantitative estimate of drug-likeness (QED) is 0.177. The van der Waals surface area contributed by atoms with Crippen LogP contribution < -0.4 is 0 Å². The van der Waals surface area contributed by atoms with Crippen LogP contribution in [0.15, 0.2) is 104 Å². The van der Waals surface area contributed by atoms with E-state index in [-0.39, 0.29) is 0 Å². The van der Waals surface area contributed by atoms with Crippen LogP contribution in [0.25, 0.3) is 34.4 Å². The van der Waals surface area contributed by atoms with Gasteiger partial charge in [0.05, 0.1) is 0 Å². The molecule has 0 nitrogen and oxygen atoms in total. The summed E-state index contributed by atoms with van der Waals surface area (Å²) < 4.78 is 9.09. The number of benzene rings is 4. The van der Waals surface area contributed by atoms with Crippen LogP contribution in [0.1, 0.15) is 29.6 Å². The Hall–Kier alpha value is -1.59. The van der Waals surface area contributed by atoms with Gasteiger partial charge in [-0.15, -0.1) is 0 Å². The standard InChI is InChI=1S/C32H24Br2Si.2CH3.Hf/c1-35(2,27-17-23-5-3-7-29(31(23)19-27)21-9-13-25(33)14-10-21)28-18-24-6-4-8-30(32(24)20-28)22-11-15-26(34)16-12-22;;;/h3-20H,1-2H3;2*1H3;. The van der Waals surface area contributed by atoms with E-state index in [1.165, 1.54) is 33.4 Å². The van der Waals surface area contributed by atoms with Crippen molar-refractivity contribution in [1.82, 2.24) is 0 Å². The molecular formula is C34H30Br2HfSi. The molecule has 0 N–H and O–H groups in total. The van der Waals surface area contributed by atoms with E-state index in [9.17, 15) is 0 Å². The first-order valence-corrected chi connectivity index (χ1v) is 29.3. The van der Waals surface area contributed by atoms with Gasteiger partial charge in [0.2, 0.25) is 0 Å². The van der Waals surface area contributed by atoms with Crippen LogP contribution in [0.5, 0.6) is 0 Å². The molecular weight excluding hydrogens is 775 g/mol. The molecule has 2 atom stereocenters. The van der Waals surface area contributed by atoms with E-state index in [0.29, 0.717) is 7.35 Å². The fraction of sp³-hybridized carbons (Fsp3) is 0.176. The summed E-state index contributed by atoms with van der Waals surface area (Å²) in [6.45, 7) is 5.26. The Morgan fingerprint density at radius 2 is 0.974 bits per heavy atom. The predicted molar refractivity (Wildman–Crippen MR) is 170 cm³/mol. The van der Waals surface area contributed by atoms with Gasteiger partial charge in [0, 0.05) is 0 Å². The van der Waals surface area contributed by atoms with Gasteiger partial charge in [0.1, 0.15) is 0 Å². The maximum atomic E-state index is 3.62. The Morgan fingerprint density at radius 3 is 1.37 bits per heavy atom. The zero-order chi connectivity index (χ0) is 26.4. The molecule has 2 aliphatic carbocycles. The molecule has 1 aliphatic heterocycles. The third kappa shape index (κ3) is 3.66. The molecule has 4 heteroatoms. The molecule has 188 valence electrons. The fourth-order valence-electron chi connectivity index (χ4n) is 7.59. The molecule has 3 aliphatic rings. The van der Waals surface area contributed by atoms with E-state index in [4.69, 9.17) is 0 Å². The summed E-state index contributed by atoms with van der Waals surface area (Å²) >= 11 is 4.27. The van der Waals surface area contributed by atoms with Crippen LogP contribution in [0.2, 0.25) is 22.5 Å². The van der Waals surface area contributed by atoms with Gasteiger partial charge >= 0.3 is 251 Å². The molecule has 38 heavy (non-hydrogen) atoms. The van der Waals surface area contributed by atoms with Crippen molar-refractivity contribution in [3.8, 4) is 22.3 Å². The first kappa shape index (κ1) is 25.4. The van der Waals surface area contributed by atoms with Crippen LogP contribution in [-0.4, -0.2) is 8.07 Å². The Bertz CT molecular complexity index is 1550. The monoisotopic (exact) mass is 804 g/mol. The minimum absolute atomic E-state index is 0.666. The maximum absolute atomic E-state index is 3.62. The van der Waals surface area contributed by atoms with Crippen molar-refractivity contribution >= 4 is 52.1 Å². The molecule has 0 amide bonds. The topological polar surface area (TPSA) is 0 Å². The van der Waals surface area contributed by atoms with Crippen LogP contribution in [0, 0.1) is 0 Å². The molecule has 4 aromatic rings. The first-order chi connectivity index (χ1) is 18.2. The number of hydrogen-bond donors (Lipinski definition) is 0. The van der Waals surface area contributed by atoms with Gasteiger partial charge in [-0.3, -0.25) is 0 Å². The normalized spacial score (nSPS) is 21.6. The van der Waals surface area contributed by atoms with E-state index >= 15 is 0 Å². The Morgan fingerprint density at radius 1 is 0.579 bits per heavy atom. The van der Waals surface area contributed by atoms with Crippen LogP contribution >= 0.6 is 31.9 Å². The number of halogens is 2. The van der Waals surface area contributed by atoms with Gasteiger partial charge in [-0.1, -0.05) is 0 Å². The van der Waals surface area contributed by atoms with Crippen molar-refractivity contribution < 1.29 is 20.0 Å². The summed E-state index contributed by atoms with van der Waals surface area (Å²) in [4.78, 5) is 0. The molecule has 0 bridgehead atoms. The second kappa shape index (κ2) is 8.96. The second-order valence-corrected chi connectivity index (χ2v) is 35.6. The number of hydrogen-bond acceptors (Lipinski definition) is 0. The van der Waals surface area contributed by atoms with Gasteiger partial charge in [0.15, 0.2) is 0 Å². The van der Waals surface area contributed by atoms with Crippen molar-refractivity contribution in [2.45, 2.75) is 29.8 Å². The van der Waals surface area contributed by atoms with E-state index in [1.54, 1.807) is 21.5 Å². The van der Waals surface area contributed by atoms with E-state index < -0.39 is 28.0 Å². The summed E-state index contributed by atoms with van der Waals surface area (Å²) in [6.07, 6.45) is 5.31. The molecule has 0 spiro atoms. The Labute approximate surface area is 248 Å². The van der Waals surface area contributed by atoms with Crippen molar-refractivity contribution in [1.29, 1.82) is 0 Å². The summed E-state index contributed by atoms with van der Waals surface area (Å²) in [5.41, 5.74) is 11.6. The molecule has 0 saturated carbocycles. The summed E-state index contributed by atoms with van der Waals surface area (Å²) in [7, 11) is -1.84. The molecule has 1 heterocycles. The van der Waals surface area contributed by atoms with Crippen molar-refractivity contribution in [3.05, 3.63) is 127 Å². The average molecular weight is 805 g/mol. The molecule has 2 unspecified atom stereocenters. The van der Waals surface area contributed by atoms with Crippen LogP contribution in [-0.2, 0) is 20.0 Å². The SMILES string of the molecule is C[Si]1(C)C2=Cc3c(-c4ccc(Br)cc4)cccc3[CH]2[Hf]([CH3])([CH3])[CH]2C1=Cc1c(-c3ccc(Br)cc3)cccc12. The number of fused-ring (bicyclic) bond motifs is 6. The van der Waals surface area contributed by atoms with Gasteiger partial charge in [-0.2, -0.15) is 0 Å². The predicted octanol–water partition coefficient (Wildman–Crippen LogP) is 11.2. The third-order valence-electron chi connectivity index (χ3n) is 9.37. The summed E-state index contributed by atoms with van der Waals surface area (Å²) in [5, 5.41) is 3.59. The van der Waals surface area contributed by atoms with Crippen molar-refractivity contribution in [2.75, 3.05) is 0 Å². The van der Waals surface area contributed by atoms with Crippen molar-refractivity contribution in [2.24, 2.45) is 0 Å². The molecule has 0 radical (unpaired) electrons. The van der Waals surface area contributed by atoms with Gasteiger partial charge in [0.25, 0.3) is 0 Å². The number of rotatable bonds is 2. The van der Waals surface area contributed by atoms with E-state index in [1.807, 2.05) is 0 Å². The molecule has 0 aromatic heterocycles. The van der Waals surface area contributed by atoms with Gasteiger partial charge in [-0.25, -0.2) is 0 Å². The third-order valence-corrected chi connectivity index (χ3v) is 31.4. The molecule has 7 rings (SSSR count). The summed E-state index contributed by atoms with van der Waals surface area (Å²) in [5.74, 6) is 0. The zero-order valence-electron chi connectivity index (χ0n) is 22.1. The fourth-order valence-corrected chi connectivity index (χ4v) is 40.2. The molecule has 1 fully saturated rings. The average Bonchev–Trinajstić information content (AvgIpc) is 3.51. The Kier molecular flexibility index (Phi) is 5.98. The van der Waals surface area contributed by atoms with E-state index in [0.717, 1.165) is 8.95 Å². The Balaban J connectivity index is 1.42. The zero-order valence-corrected chi connectivity index (χ0v) is 29.9. The van der Waals surface area contributed by atoms with Crippen LogP contribution in [0.4, 0.5) is 0 Å². The van der Waals surface area contributed by atoms with Gasteiger partial charge in [-0.05, 0) is 0 Å². The van der Waals surface area contributed by atoms with Crippen molar-refractivity contribution in [3.63, 3.8) is 0 Å².